The topological polar surface area (TPSA) is 67.2 Å². The SMILES string of the molecule is CN(C)c1ccc(C=C(C(=O)NCc2ccncc2)n2ccccc2=O)cc1. The van der Waals surface area contributed by atoms with Crippen molar-refractivity contribution < 1.29 is 4.79 Å². The summed E-state index contributed by atoms with van der Waals surface area (Å²) in [5.74, 6) is -0.332. The van der Waals surface area contributed by atoms with Crippen molar-refractivity contribution in [3.63, 3.8) is 0 Å². The van der Waals surface area contributed by atoms with Crippen LogP contribution in [0.2, 0.25) is 0 Å². The minimum absolute atomic E-state index is 0.261. The molecule has 0 spiro atoms. The van der Waals surface area contributed by atoms with Crippen LogP contribution < -0.4 is 15.8 Å². The summed E-state index contributed by atoms with van der Waals surface area (Å²) >= 11 is 0. The fourth-order valence-corrected chi connectivity index (χ4v) is 2.67. The van der Waals surface area contributed by atoms with Gasteiger partial charge in [0.15, 0.2) is 0 Å². The van der Waals surface area contributed by atoms with Crippen molar-refractivity contribution in [2.45, 2.75) is 6.54 Å². The molecule has 0 aliphatic heterocycles. The Kier molecular flexibility index (Phi) is 6.01. The maximum Gasteiger partial charge on any atom is 0.268 e. The molecule has 1 N–H and O–H groups in total. The Hall–Kier alpha value is -3.67. The number of hydrogen-bond donors (Lipinski definition) is 1. The molecule has 28 heavy (non-hydrogen) atoms. The molecule has 0 saturated heterocycles. The van der Waals surface area contributed by atoms with Crippen molar-refractivity contribution in [1.82, 2.24) is 14.9 Å². The van der Waals surface area contributed by atoms with Gasteiger partial charge in [-0.25, -0.2) is 0 Å². The molecule has 2 heterocycles. The van der Waals surface area contributed by atoms with E-state index in [2.05, 4.69) is 10.3 Å². The summed E-state index contributed by atoms with van der Waals surface area (Å²) in [6.45, 7) is 0.347. The predicted molar refractivity (Wildman–Crippen MR) is 112 cm³/mol. The standard InChI is InChI=1S/C22H22N4O2/c1-25(2)19-8-6-17(7-9-19)15-20(26-14-4-3-5-21(26)27)22(28)24-16-18-10-12-23-13-11-18/h3-15H,16H2,1-2H3,(H,24,28). The highest BCUT2D eigenvalue weighted by molar-refractivity contribution is 6.18. The number of benzene rings is 1. The zero-order valence-electron chi connectivity index (χ0n) is 15.9. The maximum atomic E-state index is 12.9. The van der Waals surface area contributed by atoms with Gasteiger partial charge in [-0.15, -0.1) is 0 Å². The van der Waals surface area contributed by atoms with Crippen molar-refractivity contribution >= 4 is 23.4 Å². The highest BCUT2D eigenvalue weighted by atomic mass is 16.2. The third-order valence-corrected chi connectivity index (χ3v) is 4.23. The first-order valence-electron chi connectivity index (χ1n) is 8.89. The van der Waals surface area contributed by atoms with Crippen LogP contribution in [0.5, 0.6) is 0 Å². The van der Waals surface area contributed by atoms with E-state index >= 15 is 0 Å². The molecular weight excluding hydrogens is 352 g/mol. The first-order chi connectivity index (χ1) is 13.5. The summed E-state index contributed by atoms with van der Waals surface area (Å²) < 4.78 is 1.35. The van der Waals surface area contributed by atoms with Gasteiger partial charge in [0.25, 0.3) is 11.5 Å². The lowest BCUT2D eigenvalue weighted by molar-refractivity contribution is -0.116. The summed E-state index contributed by atoms with van der Waals surface area (Å²) in [4.78, 5) is 31.2. The van der Waals surface area contributed by atoms with Gasteiger partial charge in [0.1, 0.15) is 5.70 Å². The Bertz CT molecular complexity index is 1020. The summed E-state index contributed by atoms with van der Waals surface area (Å²) in [5, 5.41) is 2.87. The van der Waals surface area contributed by atoms with Crippen LogP contribution in [0.25, 0.3) is 11.8 Å². The number of aromatic nitrogens is 2. The molecule has 0 radical (unpaired) electrons. The number of nitrogens with one attached hydrogen (secondary N) is 1. The number of carbonyl (C=O) groups is 1. The Labute approximate surface area is 163 Å². The van der Waals surface area contributed by atoms with Gasteiger partial charge in [-0.2, -0.15) is 0 Å². The summed E-state index contributed by atoms with van der Waals surface area (Å²) in [5.41, 5.74) is 2.81. The fraction of sp³-hybridized carbons (Fsp3) is 0.136. The molecule has 0 unspecified atom stereocenters. The second-order valence-electron chi connectivity index (χ2n) is 6.46. The molecular formula is C22H22N4O2. The second-order valence-corrected chi connectivity index (χ2v) is 6.46. The largest absolute Gasteiger partial charge is 0.378 e. The Morgan fingerprint density at radius 2 is 1.79 bits per heavy atom. The Morgan fingerprint density at radius 3 is 2.43 bits per heavy atom. The molecule has 0 fully saturated rings. The van der Waals surface area contributed by atoms with Crippen LogP contribution >= 0.6 is 0 Å². The van der Waals surface area contributed by atoms with E-state index < -0.39 is 0 Å². The van der Waals surface area contributed by atoms with E-state index in [9.17, 15) is 9.59 Å². The second kappa shape index (κ2) is 8.81. The third kappa shape index (κ3) is 4.73. The molecule has 3 aromatic rings. The van der Waals surface area contributed by atoms with Gasteiger partial charge in [0.05, 0.1) is 0 Å². The lowest BCUT2D eigenvalue weighted by atomic mass is 10.1. The summed E-state index contributed by atoms with van der Waals surface area (Å²) in [6, 6.07) is 16.2. The van der Waals surface area contributed by atoms with Gasteiger partial charge in [-0.05, 0) is 47.5 Å². The number of nitrogens with zero attached hydrogens (tertiary/aromatic N) is 3. The average Bonchev–Trinajstić information content (AvgIpc) is 2.72. The number of hydrogen-bond acceptors (Lipinski definition) is 4. The molecule has 6 heteroatoms. The van der Waals surface area contributed by atoms with E-state index in [-0.39, 0.29) is 17.2 Å². The van der Waals surface area contributed by atoms with E-state index in [0.717, 1.165) is 16.8 Å². The predicted octanol–water partition coefficient (Wildman–Crippen LogP) is 2.62. The number of amides is 1. The average molecular weight is 374 g/mol. The molecule has 0 atom stereocenters. The summed E-state index contributed by atoms with van der Waals surface area (Å²) in [6.07, 6.45) is 6.65. The molecule has 1 aromatic carbocycles. The van der Waals surface area contributed by atoms with Crippen LogP contribution in [0.15, 0.2) is 78.0 Å². The zero-order chi connectivity index (χ0) is 19.9. The Balaban J connectivity index is 1.92. The molecule has 0 aliphatic carbocycles. The lowest BCUT2D eigenvalue weighted by Crippen LogP contribution is -2.30. The van der Waals surface area contributed by atoms with E-state index in [0.29, 0.717) is 6.54 Å². The molecule has 3 rings (SSSR count). The van der Waals surface area contributed by atoms with Crippen molar-refractivity contribution in [2.75, 3.05) is 19.0 Å². The van der Waals surface area contributed by atoms with E-state index in [4.69, 9.17) is 0 Å². The van der Waals surface area contributed by atoms with Crippen molar-refractivity contribution in [3.05, 3.63) is 94.7 Å². The van der Waals surface area contributed by atoms with Gasteiger partial charge in [0, 0.05) is 51.0 Å². The van der Waals surface area contributed by atoms with Crippen LogP contribution in [0, 0.1) is 0 Å². The van der Waals surface area contributed by atoms with Gasteiger partial charge < -0.3 is 10.2 Å². The fourth-order valence-electron chi connectivity index (χ4n) is 2.67. The van der Waals surface area contributed by atoms with E-state index in [1.807, 2.05) is 55.4 Å². The lowest BCUT2D eigenvalue weighted by Gasteiger charge is -2.13. The molecule has 2 aromatic heterocycles. The molecule has 142 valence electrons. The molecule has 0 bridgehead atoms. The molecule has 0 saturated carbocycles. The summed E-state index contributed by atoms with van der Waals surface area (Å²) in [7, 11) is 3.93. The minimum Gasteiger partial charge on any atom is -0.378 e. The smallest absolute Gasteiger partial charge is 0.268 e. The monoisotopic (exact) mass is 374 g/mol. The quantitative estimate of drug-likeness (QED) is 0.674. The van der Waals surface area contributed by atoms with Crippen LogP contribution in [-0.4, -0.2) is 29.6 Å². The number of rotatable bonds is 6. The van der Waals surface area contributed by atoms with Crippen molar-refractivity contribution in [2.24, 2.45) is 0 Å². The minimum atomic E-state index is -0.332. The third-order valence-electron chi connectivity index (χ3n) is 4.23. The number of anilines is 1. The van der Waals surface area contributed by atoms with Crippen LogP contribution in [0.3, 0.4) is 0 Å². The number of pyridine rings is 2. The van der Waals surface area contributed by atoms with Gasteiger partial charge >= 0.3 is 0 Å². The maximum absolute atomic E-state index is 12.9. The van der Waals surface area contributed by atoms with Gasteiger partial charge in [-0.1, -0.05) is 18.2 Å². The zero-order valence-corrected chi connectivity index (χ0v) is 15.9. The van der Waals surface area contributed by atoms with E-state index in [1.54, 1.807) is 36.8 Å². The highest BCUT2D eigenvalue weighted by Crippen LogP contribution is 2.16. The van der Waals surface area contributed by atoms with Gasteiger partial charge in [-0.3, -0.25) is 19.1 Å². The first kappa shape index (κ1) is 19.1. The van der Waals surface area contributed by atoms with Gasteiger partial charge in [0.2, 0.25) is 0 Å². The molecule has 6 nitrogen and oxygen atoms in total. The Morgan fingerprint density at radius 1 is 1.07 bits per heavy atom. The normalized spacial score (nSPS) is 11.1. The number of carbonyl (C=O) groups excluding carboxylic acids is 1. The molecule has 1 amide bonds. The van der Waals surface area contributed by atoms with Crippen LogP contribution in [0.4, 0.5) is 5.69 Å². The van der Waals surface area contributed by atoms with Crippen molar-refractivity contribution in [1.29, 1.82) is 0 Å². The van der Waals surface area contributed by atoms with Crippen LogP contribution in [0.1, 0.15) is 11.1 Å². The first-order valence-corrected chi connectivity index (χ1v) is 8.89. The van der Waals surface area contributed by atoms with Crippen molar-refractivity contribution in [3.8, 4) is 0 Å². The van der Waals surface area contributed by atoms with Crippen LogP contribution in [-0.2, 0) is 11.3 Å². The highest BCUT2D eigenvalue weighted by Gasteiger charge is 2.13. The van der Waals surface area contributed by atoms with E-state index in [1.165, 1.54) is 10.6 Å². The molecule has 0 aliphatic rings.